The first-order chi connectivity index (χ1) is 9.08. The van der Waals surface area contributed by atoms with Crippen LogP contribution in [-0.2, 0) is 4.74 Å². The fraction of sp³-hybridized carbons (Fsp3) is 0.412. The summed E-state index contributed by atoms with van der Waals surface area (Å²) in [5.74, 6) is 0. The summed E-state index contributed by atoms with van der Waals surface area (Å²) in [6.07, 6.45) is 0. The maximum Gasteiger partial charge on any atom is 0.0816 e. The molecule has 0 heterocycles. The first-order valence-electron chi connectivity index (χ1n) is 6.85. The topological polar surface area (TPSA) is 21.3 Å². The molecule has 102 valence electrons. The number of hydrogen-bond acceptors (Lipinski definition) is 2. The van der Waals surface area contributed by atoms with E-state index in [1.54, 1.807) is 7.11 Å². The van der Waals surface area contributed by atoms with Gasteiger partial charge in [-0.2, -0.15) is 0 Å². The summed E-state index contributed by atoms with van der Waals surface area (Å²) in [6.45, 7) is 7.29. The van der Waals surface area contributed by atoms with Crippen molar-refractivity contribution in [3.8, 4) is 0 Å². The molecule has 0 fully saturated rings. The Hall–Kier alpha value is -1.38. The second-order valence-electron chi connectivity index (χ2n) is 5.40. The van der Waals surface area contributed by atoms with Crippen LogP contribution in [0.2, 0.25) is 0 Å². The highest BCUT2D eigenvalue weighted by Crippen LogP contribution is 2.30. The Balaban J connectivity index is 2.44. The van der Waals surface area contributed by atoms with Crippen LogP contribution in [0.5, 0.6) is 0 Å². The van der Waals surface area contributed by atoms with Gasteiger partial charge in [0.15, 0.2) is 0 Å². The predicted molar refractivity (Wildman–Crippen MR) is 81.5 cm³/mol. The van der Waals surface area contributed by atoms with Crippen molar-refractivity contribution in [2.24, 2.45) is 0 Å². The van der Waals surface area contributed by atoms with E-state index < -0.39 is 0 Å². The molecule has 2 rings (SSSR count). The Kier molecular flexibility index (Phi) is 4.23. The normalized spacial score (nSPS) is 13.7. The van der Waals surface area contributed by atoms with Gasteiger partial charge in [-0.25, -0.2) is 0 Å². The average molecular weight is 257 g/mol. The third-order valence-electron chi connectivity index (χ3n) is 3.74. The maximum absolute atomic E-state index is 5.66. The molecule has 2 aromatic carbocycles. The van der Waals surface area contributed by atoms with Gasteiger partial charge in [-0.1, -0.05) is 43.3 Å². The smallest absolute Gasteiger partial charge is 0.0816 e. The standard InChI is InChI=1S/C17H23NO/c1-5-18-16(17(2,3)19-4)15-11-10-13-8-6-7-9-14(13)12-15/h6-12,16,18H,5H2,1-4H3. The van der Waals surface area contributed by atoms with E-state index in [1.807, 2.05) is 0 Å². The van der Waals surface area contributed by atoms with Crippen LogP contribution in [0.25, 0.3) is 10.8 Å². The van der Waals surface area contributed by atoms with Crippen molar-refractivity contribution >= 4 is 10.8 Å². The van der Waals surface area contributed by atoms with Crippen molar-refractivity contribution in [2.45, 2.75) is 32.4 Å². The van der Waals surface area contributed by atoms with Crippen LogP contribution in [0, 0.1) is 0 Å². The van der Waals surface area contributed by atoms with Crippen molar-refractivity contribution in [2.75, 3.05) is 13.7 Å². The van der Waals surface area contributed by atoms with Gasteiger partial charge in [0.25, 0.3) is 0 Å². The fourth-order valence-corrected chi connectivity index (χ4v) is 2.47. The molecule has 0 aliphatic carbocycles. The molecule has 0 saturated carbocycles. The van der Waals surface area contributed by atoms with Crippen LogP contribution in [0.1, 0.15) is 32.4 Å². The van der Waals surface area contributed by atoms with Gasteiger partial charge >= 0.3 is 0 Å². The number of fused-ring (bicyclic) bond motifs is 1. The lowest BCUT2D eigenvalue weighted by Crippen LogP contribution is -2.40. The highest BCUT2D eigenvalue weighted by molar-refractivity contribution is 5.83. The van der Waals surface area contributed by atoms with E-state index in [0.717, 1.165) is 6.54 Å². The number of nitrogens with one attached hydrogen (secondary N) is 1. The van der Waals surface area contributed by atoms with E-state index in [-0.39, 0.29) is 11.6 Å². The van der Waals surface area contributed by atoms with Crippen LogP contribution >= 0.6 is 0 Å². The number of ether oxygens (including phenoxy) is 1. The van der Waals surface area contributed by atoms with E-state index in [2.05, 4.69) is 68.6 Å². The monoisotopic (exact) mass is 257 g/mol. The number of hydrogen-bond donors (Lipinski definition) is 1. The van der Waals surface area contributed by atoms with Crippen LogP contribution < -0.4 is 5.32 Å². The van der Waals surface area contributed by atoms with Crippen LogP contribution in [0.15, 0.2) is 42.5 Å². The van der Waals surface area contributed by atoms with Gasteiger partial charge in [0.2, 0.25) is 0 Å². The summed E-state index contributed by atoms with van der Waals surface area (Å²) in [5.41, 5.74) is 1.03. The van der Waals surface area contributed by atoms with Gasteiger partial charge in [-0.05, 0) is 42.8 Å². The van der Waals surface area contributed by atoms with Crippen LogP contribution in [0.3, 0.4) is 0 Å². The van der Waals surface area contributed by atoms with Crippen molar-refractivity contribution < 1.29 is 4.74 Å². The number of likely N-dealkylation sites (N-methyl/N-ethyl adjacent to an activating group) is 1. The zero-order chi connectivity index (χ0) is 13.9. The number of rotatable bonds is 5. The molecule has 0 aliphatic heterocycles. The molecule has 0 bridgehead atoms. The molecule has 0 aliphatic rings. The van der Waals surface area contributed by atoms with Crippen LogP contribution in [-0.4, -0.2) is 19.3 Å². The molecule has 1 atom stereocenters. The second kappa shape index (κ2) is 5.72. The lowest BCUT2D eigenvalue weighted by atomic mass is 9.90. The highest BCUT2D eigenvalue weighted by atomic mass is 16.5. The van der Waals surface area contributed by atoms with Crippen molar-refractivity contribution in [3.63, 3.8) is 0 Å². The predicted octanol–water partition coefficient (Wildman–Crippen LogP) is 3.92. The molecule has 2 aromatic rings. The van der Waals surface area contributed by atoms with Crippen molar-refractivity contribution in [3.05, 3.63) is 48.0 Å². The molecule has 19 heavy (non-hydrogen) atoms. The molecule has 0 saturated heterocycles. The number of benzene rings is 2. The van der Waals surface area contributed by atoms with Crippen molar-refractivity contribution in [1.29, 1.82) is 0 Å². The van der Waals surface area contributed by atoms with Gasteiger partial charge in [0, 0.05) is 7.11 Å². The second-order valence-corrected chi connectivity index (χ2v) is 5.40. The first kappa shape index (κ1) is 14.0. The molecule has 2 nitrogen and oxygen atoms in total. The first-order valence-corrected chi connectivity index (χ1v) is 6.85. The van der Waals surface area contributed by atoms with Gasteiger partial charge in [0.1, 0.15) is 0 Å². The maximum atomic E-state index is 5.66. The summed E-state index contributed by atoms with van der Waals surface area (Å²) >= 11 is 0. The molecule has 0 spiro atoms. The lowest BCUT2D eigenvalue weighted by Gasteiger charge is -2.34. The largest absolute Gasteiger partial charge is 0.377 e. The minimum absolute atomic E-state index is 0.187. The van der Waals surface area contributed by atoms with Crippen LogP contribution in [0.4, 0.5) is 0 Å². The summed E-state index contributed by atoms with van der Waals surface area (Å²) in [6, 6.07) is 15.3. The zero-order valence-corrected chi connectivity index (χ0v) is 12.2. The van der Waals surface area contributed by atoms with Crippen molar-refractivity contribution in [1.82, 2.24) is 5.32 Å². The molecule has 1 N–H and O–H groups in total. The Morgan fingerprint density at radius 2 is 1.79 bits per heavy atom. The summed E-state index contributed by atoms with van der Waals surface area (Å²) < 4.78 is 5.66. The number of methoxy groups -OCH3 is 1. The van der Waals surface area contributed by atoms with E-state index in [4.69, 9.17) is 4.74 Å². The fourth-order valence-electron chi connectivity index (χ4n) is 2.47. The summed E-state index contributed by atoms with van der Waals surface area (Å²) in [4.78, 5) is 0. The minimum atomic E-state index is -0.238. The van der Waals surface area contributed by atoms with Gasteiger partial charge in [0.05, 0.1) is 11.6 Å². The Bertz CT molecular complexity index is 548. The Labute approximate surface area is 115 Å². The molecular formula is C17H23NO. The van der Waals surface area contributed by atoms with E-state index in [9.17, 15) is 0 Å². The van der Waals surface area contributed by atoms with Gasteiger partial charge in [-0.3, -0.25) is 0 Å². The van der Waals surface area contributed by atoms with Gasteiger partial charge in [-0.15, -0.1) is 0 Å². The molecular weight excluding hydrogens is 234 g/mol. The average Bonchev–Trinajstić information content (AvgIpc) is 2.44. The molecule has 1 unspecified atom stereocenters. The van der Waals surface area contributed by atoms with E-state index in [1.165, 1.54) is 16.3 Å². The highest BCUT2D eigenvalue weighted by Gasteiger charge is 2.29. The summed E-state index contributed by atoms with van der Waals surface area (Å²) in [5, 5.41) is 6.08. The van der Waals surface area contributed by atoms with Gasteiger partial charge < -0.3 is 10.1 Å². The van der Waals surface area contributed by atoms with E-state index >= 15 is 0 Å². The summed E-state index contributed by atoms with van der Waals surface area (Å²) in [7, 11) is 1.77. The SMILES string of the molecule is CCNC(c1ccc2ccccc2c1)C(C)(C)OC. The minimum Gasteiger partial charge on any atom is -0.377 e. The Morgan fingerprint density at radius 3 is 2.42 bits per heavy atom. The third-order valence-corrected chi connectivity index (χ3v) is 3.74. The zero-order valence-electron chi connectivity index (χ0n) is 12.2. The molecule has 0 amide bonds. The van der Waals surface area contributed by atoms with E-state index in [0.29, 0.717) is 0 Å². The Morgan fingerprint density at radius 1 is 1.11 bits per heavy atom. The molecule has 2 heteroatoms. The molecule has 0 aromatic heterocycles. The molecule has 0 radical (unpaired) electrons. The third kappa shape index (κ3) is 2.96. The quantitative estimate of drug-likeness (QED) is 0.876. The lowest BCUT2D eigenvalue weighted by molar-refractivity contribution is -0.0106.